The topological polar surface area (TPSA) is 69.7 Å². The van der Waals surface area contributed by atoms with Gasteiger partial charge in [-0.05, 0) is 12.8 Å². The Bertz CT molecular complexity index is 298. The van der Waals surface area contributed by atoms with E-state index in [1.165, 1.54) is 6.92 Å². The van der Waals surface area contributed by atoms with Crippen LogP contribution in [0.15, 0.2) is 0 Å². The van der Waals surface area contributed by atoms with Crippen LogP contribution in [0, 0.1) is 5.92 Å². The lowest BCUT2D eigenvalue weighted by Crippen LogP contribution is -2.27. The Kier molecular flexibility index (Phi) is 6.16. The van der Waals surface area contributed by atoms with Crippen LogP contribution in [0.1, 0.15) is 20.8 Å². The highest BCUT2D eigenvalue weighted by Gasteiger charge is 2.22. The zero-order chi connectivity index (χ0) is 12.1. The molecule has 0 aliphatic rings. The summed E-state index contributed by atoms with van der Waals surface area (Å²) in [6.45, 7) is 5.27. The third-order valence-electron chi connectivity index (χ3n) is 1.32. The maximum Gasteiger partial charge on any atom is 0.336 e. The smallest absolute Gasteiger partial charge is 0.336 e. The van der Waals surface area contributed by atoms with Crippen LogP contribution in [0.4, 0.5) is 0 Å². The Morgan fingerprint density at radius 2 is 1.87 bits per heavy atom. The number of carbonyl (C=O) groups is 1. The summed E-state index contributed by atoms with van der Waals surface area (Å²) < 4.78 is 31.0. The highest BCUT2D eigenvalue weighted by molar-refractivity contribution is 7.87. The SMILES string of the molecule is CC(C)COC(=O)[C@H](C)OS(=O)(=O)CCl. The molecule has 0 saturated heterocycles. The van der Waals surface area contributed by atoms with Crippen molar-refractivity contribution in [2.24, 2.45) is 5.92 Å². The van der Waals surface area contributed by atoms with Crippen molar-refractivity contribution < 1.29 is 22.1 Å². The van der Waals surface area contributed by atoms with Crippen molar-refractivity contribution in [2.75, 3.05) is 11.8 Å². The molecule has 0 aromatic carbocycles. The van der Waals surface area contributed by atoms with Gasteiger partial charge in [-0.15, -0.1) is 11.6 Å². The number of ether oxygens (including phenoxy) is 1. The van der Waals surface area contributed by atoms with E-state index in [4.69, 9.17) is 16.3 Å². The van der Waals surface area contributed by atoms with E-state index in [1.807, 2.05) is 13.8 Å². The predicted octanol–water partition coefficient (Wildman–Crippen LogP) is 1.12. The first-order chi connectivity index (χ1) is 6.78. The number of hydrogen-bond acceptors (Lipinski definition) is 5. The predicted molar refractivity (Wildman–Crippen MR) is 56.0 cm³/mol. The quantitative estimate of drug-likeness (QED) is 0.406. The highest BCUT2D eigenvalue weighted by Crippen LogP contribution is 2.05. The van der Waals surface area contributed by atoms with Gasteiger partial charge in [-0.1, -0.05) is 13.8 Å². The fourth-order valence-electron chi connectivity index (χ4n) is 0.651. The van der Waals surface area contributed by atoms with E-state index in [0.717, 1.165) is 0 Å². The van der Waals surface area contributed by atoms with Crippen molar-refractivity contribution in [3.8, 4) is 0 Å². The van der Waals surface area contributed by atoms with Gasteiger partial charge in [-0.2, -0.15) is 8.42 Å². The lowest BCUT2D eigenvalue weighted by molar-refractivity contribution is -0.152. The lowest BCUT2D eigenvalue weighted by atomic mass is 10.2. The molecule has 0 heterocycles. The molecule has 0 N–H and O–H groups in total. The summed E-state index contributed by atoms with van der Waals surface area (Å²) in [6, 6.07) is 0. The van der Waals surface area contributed by atoms with Gasteiger partial charge in [-0.3, -0.25) is 4.18 Å². The number of esters is 1. The molecule has 0 unspecified atom stereocenters. The first-order valence-corrected chi connectivity index (χ1v) is 6.53. The summed E-state index contributed by atoms with van der Waals surface area (Å²) in [5.41, 5.74) is 0. The number of alkyl halides is 1. The third-order valence-corrected chi connectivity index (χ3v) is 2.97. The minimum absolute atomic E-state index is 0.186. The molecule has 1 atom stereocenters. The van der Waals surface area contributed by atoms with Crippen molar-refractivity contribution in [2.45, 2.75) is 26.9 Å². The van der Waals surface area contributed by atoms with Crippen LogP contribution in [-0.4, -0.2) is 32.3 Å². The number of rotatable bonds is 6. The number of carbonyl (C=O) groups excluding carboxylic acids is 1. The fourth-order valence-corrected chi connectivity index (χ4v) is 1.38. The van der Waals surface area contributed by atoms with Crippen LogP contribution in [-0.2, 0) is 23.8 Å². The molecular weight excluding hydrogens is 244 g/mol. The Balaban J connectivity index is 4.11. The molecule has 0 amide bonds. The first-order valence-electron chi connectivity index (χ1n) is 4.42. The van der Waals surface area contributed by atoms with E-state index >= 15 is 0 Å². The van der Waals surface area contributed by atoms with Crippen LogP contribution in [0.5, 0.6) is 0 Å². The first kappa shape index (κ1) is 14.7. The molecule has 0 fully saturated rings. The zero-order valence-electron chi connectivity index (χ0n) is 8.90. The summed E-state index contributed by atoms with van der Waals surface area (Å²) >= 11 is 5.10. The summed E-state index contributed by atoms with van der Waals surface area (Å²) in [6.07, 6.45) is -1.16. The molecule has 0 saturated carbocycles. The second-order valence-electron chi connectivity index (χ2n) is 3.43. The molecular formula is C8H15ClO5S. The molecule has 0 aromatic rings. The summed E-state index contributed by atoms with van der Waals surface area (Å²) in [5.74, 6) is -0.525. The summed E-state index contributed by atoms with van der Waals surface area (Å²) in [4.78, 5) is 11.2. The van der Waals surface area contributed by atoms with Crippen LogP contribution >= 0.6 is 11.6 Å². The van der Waals surface area contributed by atoms with Crippen LogP contribution in [0.3, 0.4) is 0 Å². The molecule has 0 aliphatic carbocycles. The molecule has 0 bridgehead atoms. The minimum atomic E-state index is -3.84. The summed E-state index contributed by atoms with van der Waals surface area (Å²) in [7, 11) is -3.84. The van der Waals surface area contributed by atoms with E-state index in [0.29, 0.717) is 0 Å². The van der Waals surface area contributed by atoms with E-state index in [1.54, 1.807) is 0 Å². The fraction of sp³-hybridized carbons (Fsp3) is 0.875. The maximum atomic E-state index is 11.2. The molecule has 0 aliphatic heterocycles. The largest absolute Gasteiger partial charge is 0.463 e. The second kappa shape index (κ2) is 6.30. The molecule has 15 heavy (non-hydrogen) atoms. The van der Waals surface area contributed by atoms with E-state index < -0.39 is 27.4 Å². The zero-order valence-corrected chi connectivity index (χ0v) is 10.5. The van der Waals surface area contributed by atoms with Gasteiger partial charge >= 0.3 is 5.97 Å². The van der Waals surface area contributed by atoms with Crippen LogP contribution < -0.4 is 0 Å². The number of halogens is 1. The molecule has 0 aromatic heterocycles. The Morgan fingerprint density at radius 3 is 2.27 bits per heavy atom. The van der Waals surface area contributed by atoms with Crippen LogP contribution in [0.2, 0.25) is 0 Å². The minimum Gasteiger partial charge on any atom is -0.463 e. The van der Waals surface area contributed by atoms with Crippen molar-refractivity contribution in [3.63, 3.8) is 0 Å². The van der Waals surface area contributed by atoms with Gasteiger partial charge in [0.1, 0.15) is 5.21 Å². The Morgan fingerprint density at radius 1 is 1.33 bits per heavy atom. The standard InChI is InChI=1S/C8H15ClO5S/c1-6(2)4-13-8(10)7(3)14-15(11,12)5-9/h6-7H,4-5H2,1-3H3/t7-/m0/s1. The average Bonchev–Trinajstić information content (AvgIpc) is 2.13. The van der Waals surface area contributed by atoms with Crippen molar-refractivity contribution in [1.82, 2.24) is 0 Å². The van der Waals surface area contributed by atoms with Crippen LogP contribution in [0.25, 0.3) is 0 Å². The lowest BCUT2D eigenvalue weighted by Gasteiger charge is -2.12. The maximum absolute atomic E-state index is 11.2. The van der Waals surface area contributed by atoms with Gasteiger partial charge in [0.15, 0.2) is 6.10 Å². The molecule has 90 valence electrons. The van der Waals surface area contributed by atoms with Crippen molar-refractivity contribution in [3.05, 3.63) is 0 Å². The molecule has 0 spiro atoms. The Hall–Kier alpha value is -0.330. The summed E-state index contributed by atoms with van der Waals surface area (Å²) in [5, 5.41) is -0.686. The molecule has 0 radical (unpaired) electrons. The second-order valence-corrected chi connectivity index (χ2v) is 5.61. The average molecular weight is 259 g/mol. The van der Waals surface area contributed by atoms with Gasteiger partial charge in [0, 0.05) is 0 Å². The molecule has 7 heteroatoms. The normalized spacial score (nSPS) is 13.9. The highest BCUT2D eigenvalue weighted by atomic mass is 35.5. The number of hydrogen-bond donors (Lipinski definition) is 0. The third kappa shape index (κ3) is 6.70. The van der Waals surface area contributed by atoms with E-state index in [-0.39, 0.29) is 12.5 Å². The van der Waals surface area contributed by atoms with Gasteiger partial charge in [-0.25, -0.2) is 4.79 Å². The van der Waals surface area contributed by atoms with E-state index in [9.17, 15) is 13.2 Å². The molecule has 0 rings (SSSR count). The van der Waals surface area contributed by atoms with Gasteiger partial charge in [0.25, 0.3) is 10.1 Å². The van der Waals surface area contributed by atoms with Gasteiger partial charge in [0.05, 0.1) is 6.61 Å². The van der Waals surface area contributed by atoms with Crippen molar-refractivity contribution in [1.29, 1.82) is 0 Å². The van der Waals surface area contributed by atoms with E-state index in [2.05, 4.69) is 4.18 Å². The Labute approximate surface area is 94.8 Å². The molecule has 5 nitrogen and oxygen atoms in total. The monoisotopic (exact) mass is 258 g/mol. The van der Waals surface area contributed by atoms with Gasteiger partial charge < -0.3 is 4.74 Å². The van der Waals surface area contributed by atoms with Crippen molar-refractivity contribution >= 4 is 27.7 Å². The van der Waals surface area contributed by atoms with Gasteiger partial charge in [0.2, 0.25) is 0 Å².